The highest BCUT2D eigenvalue weighted by Crippen LogP contribution is 2.26. The lowest BCUT2D eigenvalue weighted by atomic mass is 9.98. The molecule has 0 aliphatic heterocycles. The van der Waals surface area contributed by atoms with Crippen LogP contribution < -0.4 is 4.74 Å². The summed E-state index contributed by atoms with van der Waals surface area (Å²) in [5.41, 5.74) is 0.974. The maximum absolute atomic E-state index is 11.9. The highest BCUT2D eigenvalue weighted by Gasteiger charge is 2.16. The van der Waals surface area contributed by atoms with Crippen LogP contribution in [0.2, 0.25) is 0 Å². The fraction of sp³-hybridized carbons (Fsp3) is 0.667. The summed E-state index contributed by atoms with van der Waals surface area (Å²) in [7, 11) is 0. The molecule has 3 heteroatoms. The minimum atomic E-state index is -0.0982. The molecule has 0 radical (unpaired) electrons. The molecule has 0 amide bonds. The van der Waals surface area contributed by atoms with Crippen LogP contribution in [0.5, 0.6) is 5.75 Å². The molecule has 0 aromatic heterocycles. The van der Waals surface area contributed by atoms with Gasteiger partial charge in [0.05, 0.1) is 6.10 Å². The molecular weight excluding hydrogens is 300 g/mol. The van der Waals surface area contributed by atoms with Gasteiger partial charge in [-0.25, -0.2) is 0 Å². The van der Waals surface area contributed by atoms with Crippen molar-refractivity contribution in [2.24, 2.45) is 0 Å². The topological polar surface area (TPSA) is 35.5 Å². The van der Waals surface area contributed by atoms with Crippen molar-refractivity contribution in [3.05, 3.63) is 29.8 Å². The Bertz CT molecular complexity index is 478. The first-order valence-corrected chi connectivity index (χ1v) is 9.69. The molecule has 1 aliphatic carbocycles. The van der Waals surface area contributed by atoms with Gasteiger partial charge >= 0.3 is 5.97 Å². The van der Waals surface area contributed by atoms with Crippen LogP contribution in [-0.4, -0.2) is 12.1 Å². The monoisotopic (exact) mass is 332 g/mol. The molecule has 0 spiro atoms. The van der Waals surface area contributed by atoms with Crippen LogP contribution in [0.15, 0.2) is 24.3 Å². The van der Waals surface area contributed by atoms with E-state index in [1.807, 2.05) is 24.3 Å². The molecule has 0 N–H and O–H groups in total. The number of para-hydroxylation sites is 1. The Labute approximate surface area is 146 Å². The molecule has 1 fully saturated rings. The van der Waals surface area contributed by atoms with Gasteiger partial charge in [0.15, 0.2) is 0 Å². The maximum Gasteiger partial charge on any atom is 0.306 e. The fourth-order valence-electron chi connectivity index (χ4n) is 3.20. The molecule has 24 heavy (non-hydrogen) atoms. The Morgan fingerprint density at radius 3 is 2.58 bits per heavy atom. The molecule has 1 aromatic carbocycles. The van der Waals surface area contributed by atoms with Crippen molar-refractivity contribution in [1.29, 1.82) is 0 Å². The fourth-order valence-corrected chi connectivity index (χ4v) is 3.20. The summed E-state index contributed by atoms with van der Waals surface area (Å²) in [6.07, 6.45) is 12.6. The van der Waals surface area contributed by atoms with Gasteiger partial charge in [-0.05, 0) is 38.2 Å². The van der Waals surface area contributed by atoms with Gasteiger partial charge in [-0.2, -0.15) is 0 Å². The number of rotatable bonds is 10. The van der Waals surface area contributed by atoms with E-state index in [1.165, 1.54) is 38.5 Å². The third kappa shape index (κ3) is 6.94. The van der Waals surface area contributed by atoms with E-state index in [-0.39, 0.29) is 5.97 Å². The Kier molecular flexibility index (Phi) is 8.72. The standard InChI is InChI=1S/C21H32O3/c1-2-3-4-5-9-16-21(22)23-17-18-12-10-11-15-20(18)24-19-13-7-6-8-14-19/h10-12,15,19H,2-9,13-14,16-17H2,1H3. The Balaban J connectivity index is 1.74. The van der Waals surface area contributed by atoms with E-state index < -0.39 is 0 Å². The number of unbranched alkanes of at least 4 members (excludes halogenated alkanes) is 4. The number of esters is 1. The third-order valence-corrected chi connectivity index (χ3v) is 4.69. The second-order valence-corrected chi connectivity index (χ2v) is 6.81. The van der Waals surface area contributed by atoms with E-state index in [0.29, 0.717) is 19.1 Å². The number of carbonyl (C=O) groups excluding carboxylic acids is 1. The summed E-state index contributed by atoms with van der Waals surface area (Å²) in [5, 5.41) is 0. The van der Waals surface area contributed by atoms with Crippen molar-refractivity contribution in [2.75, 3.05) is 0 Å². The van der Waals surface area contributed by atoms with Crippen LogP contribution in [0.3, 0.4) is 0 Å². The highest BCUT2D eigenvalue weighted by atomic mass is 16.5. The lowest BCUT2D eigenvalue weighted by Crippen LogP contribution is -2.20. The Hall–Kier alpha value is -1.51. The lowest BCUT2D eigenvalue weighted by molar-refractivity contribution is -0.145. The molecule has 1 aromatic rings. The number of hydrogen-bond acceptors (Lipinski definition) is 3. The highest BCUT2D eigenvalue weighted by molar-refractivity contribution is 5.69. The smallest absolute Gasteiger partial charge is 0.306 e. The average Bonchev–Trinajstić information content (AvgIpc) is 2.62. The summed E-state index contributed by atoms with van der Waals surface area (Å²) in [6, 6.07) is 7.94. The minimum Gasteiger partial charge on any atom is -0.490 e. The zero-order valence-corrected chi connectivity index (χ0v) is 15.1. The molecule has 0 bridgehead atoms. The molecule has 0 unspecified atom stereocenters. The zero-order valence-electron chi connectivity index (χ0n) is 15.1. The number of benzene rings is 1. The van der Waals surface area contributed by atoms with Gasteiger partial charge in [-0.15, -0.1) is 0 Å². The quantitative estimate of drug-likeness (QED) is 0.401. The van der Waals surface area contributed by atoms with Gasteiger partial charge in [-0.1, -0.05) is 57.2 Å². The van der Waals surface area contributed by atoms with Crippen LogP contribution >= 0.6 is 0 Å². The van der Waals surface area contributed by atoms with Gasteiger partial charge < -0.3 is 9.47 Å². The van der Waals surface area contributed by atoms with Gasteiger partial charge in [0, 0.05) is 12.0 Å². The lowest BCUT2D eigenvalue weighted by Gasteiger charge is -2.24. The first-order valence-electron chi connectivity index (χ1n) is 9.69. The average molecular weight is 332 g/mol. The molecular formula is C21H32O3. The van der Waals surface area contributed by atoms with Crippen molar-refractivity contribution < 1.29 is 14.3 Å². The van der Waals surface area contributed by atoms with Gasteiger partial charge in [0.2, 0.25) is 0 Å². The van der Waals surface area contributed by atoms with Crippen molar-refractivity contribution in [3.63, 3.8) is 0 Å². The maximum atomic E-state index is 11.9. The second-order valence-electron chi connectivity index (χ2n) is 6.81. The van der Waals surface area contributed by atoms with Crippen LogP contribution in [-0.2, 0) is 16.1 Å². The van der Waals surface area contributed by atoms with Crippen LogP contribution in [0, 0.1) is 0 Å². The van der Waals surface area contributed by atoms with E-state index in [1.54, 1.807) is 0 Å². The van der Waals surface area contributed by atoms with Gasteiger partial charge in [0.25, 0.3) is 0 Å². The summed E-state index contributed by atoms with van der Waals surface area (Å²) in [5.74, 6) is 0.777. The van der Waals surface area contributed by atoms with Crippen molar-refractivity contribution in [2.45, 2.75) is 90.3 Å². The molecule has 0 heterocycles. The van der Waals surface area contributed by atoms with Crippen LogP contribution in [0.4, 0.5) is 0 Å². The third-order valence-electron chi connectivity index (χ3n) is 4.69. The minimum absolute atomic E-state index is 0.0982. The van der Waals surface area contributed by atoms with E-state index in [9.17, 15) is 4.79 Å². The summed E-state index contributed by atoms with van der Waals surface area (Å²) < 4.78 is 11.6. The van der Waals surface area contributed by atoms with Gasteiger partial charge in [0.1, 0.15) is 12.4 Å². The predicted octanol–water partition coefficient (Wildman–Crippen LogP) is 5.80. The predicted molar refractivity (Wildman–Crippen MR) is 97.1 cm³/mol. The normalized spacial score (nSPS) is 15.2. The van der Waals surface area contributed by atoms with Crippen LogP contribution in [0.25, 0.3) is 0 Å². The number of hydrogen-bond donors (Lipinski definition) is 0. The van der Waals surface area contributed by atoms with Gasteiger partial charge in [-0.3, -0.25) is 4.79 Å². The van der Waals surface area contributed by atoms with E-state index in [0.717, 1.165) is 37.0 Å². The van der Waals surface area contributed by atoms with Crippen LogP contribution in [0.1, 0.15) is 83.1 Å². The second kappa shape index (κ2) is 11.1. The van der Waals surface area contributed by atoms with Crippen molar-refractivity contribution in [3.8, 4) is 5.75 Å². The number of ether oxygens (including phenoxy) is 2. The van der Waals surface area contributed by atoms with E-state index in [2.05, 4.69) is 6.92 Å². The largest absolute Gasteiger partial charge is 0.490 e. The number of carbonyl (C=O) groups is 1. The van der Waals surface area contributed by atoms with E-state index in [4.69, 9.17) is 9.47 Å². The van der Waals surface area contributed by atoms with E-state index >= 15 is 0 Å². The zero-order chi connectivity index (χ0) is 17.0. The molecule has 0 atom stereocenters. The van der Waals surface area contributed by atoms with Crippen molar-refractivity contribution in [1.82, 2.24) is 0 Å². The SMILES string of the molecule is CCCCCCCC(=O)OCc1ccccc1OC1CCCCC1. The van der Waals surface area contributed by atoms with Crippen molar-refractivity contribution >= 4 is 5.97 Å². The molecule has 3 nitrogen and oxygen atoms in total. The molecule has 1 saturated carbocycles. The Morgan fingerprint density at radius 1 is 1.04 bits per heavy atom. The Morgan fingerprint density at radius 2 is 1.79 bits per heavy atom. The molecule has 1 aliphatic rings. The molecule has 2 rings (SSSR count). The summed E-state index contributed by atoms with van der Waals surface area (Å²) in [6.45, 7) is 2.51. The summed E-state index contributed by atoms with van der Waals surface area (Å²) in [4.78, 5) is 11.9. The first-order chi connectivity index (χ1) is 11.8. The first kappa shape index (κ1) is 18.8. The molecule has 134 valence electrons. The molecule has 0 saturated heterocycles. The summed E-state index contributed by atoms with van der Waals surface area (Å²) >= 11 is 0.